The lowest BCUT2D eigenvalue weighted by Gasteiger charge is -2.32. The van der Waals surface area contributed by atoms with E-state index in [4.69, 9.17) is 15.0 Å². The smallest absolute Gasteiger partial charge is 0.402 e. The minimum Gasteiger partial charge on any atom is -0.402 e. The molecular formula is C14H21BFNO2. The van der Waals surface area contributed by atoms with E-state index in [0.717, 1.165) is 5.56 Å². The van der Waals surface area contributed by atoms with Crippen molar-refractivity contribution in [3.05, 3.63) is 35.1 Å². The number of rotatable bonds is 2. The average molecular weight is 265 g/mol. The van der Waals surface area contributed by atoms with Gasteiger partial charge in [-0.1, -0.05) is 12.1 Å². The van der Waals surface area contributed by atoms with Crippen molar-refractivity contribution in [2.24, 2.45) is 5.73 Å². The molecule has 19 heavy (non-hydrogen) atoms. The highest BCUT2D eigenvalue weighted by Gasteiger charge is 2.53. The van der Waals surface area contributed by atoms with Crippen LogP contribution in [0.15, 0.2) is 18.2 Å². The molecule has 1 heterocycles. The van der Waals surface area contributed by atoms with E-state index < -0.39 is 24.3 Å². The van der Waals surface area contributed by atoms with Gasteiger partial charge in [-0.2, -0.15) is 0 Å². The fraction of sp³-hybridized carbons (Fsp3) is 0.571. The molecule has 0 radical (unpaired) electrons. The summed E-state index contributed by atoms with van der Waals surface area (Å²) >= 11 is 0. The van der Waals surface area contributed by atoms with Crippen LogP contribution in [0, 0.1) is 12.7 Å². The van der Waals surface area contributed by atoms with Crippen LogP contribution in [0.5, 0.6) is 0 Å². The maximum Gasteiger partial charge on any atom is 0.480 e. The van der Waals surface area contributed by atoms with Gasteiger partial charge >= 0.3 is 7.12 Å². The number of aryl methyl sites for hydroxylation is 1. The van der Waals surface area contributed by atoms with Gasteiger partial charge in [-0.15, -0.1) is 0 Å². The molecule has 1 atom stereocenters. The summed E-state index contributed by atoms with van der Waals surface area (Å²) in [6.07, 6.45) is 0. The number of hydrogen-bond acceptors (Lipinski definition) is 3. The number of hydrogen-bond donors (Lipinski definition) is 1. The van der Waals surface area contributed by atoms with Crippen molar-refractivity contribution >= 4 is 7.12 Å². The van der Waals surface area contributed by atoms with E-state index in [-0.39, 0.29) is 5.82 Å². The fourth-order valence-electron chi connectivity index (χ4n) is 2.07. The second-order valence-electron chi connectivity index (χ2n) is 6.16. The molecule has 2 N–H and O–H groups in total. The Bertz CT molecular complexity index is 474. The first-order chi connectivity index (χ1) is 8.64. The Morgan fingerprint density at radius 3 is 2.16 bits per heavy atom. The van der Waals surface area contributed by atoms with Crippen molar-refractivity contribution in [1.29, 1.82) is 0 Å². The molecule has 0 spiro atoms. The molecule has 1 aliphatic heterocycles. The first-order valence-electron chi connectivity index (χ1n) is 6.51. The van der Waals surface area contributed by atoms with Gasteiger partial charge in [0.05, 0.1) is 17.1 Å². The topological polar surface area (TPSA) is 44.5 Å². The van der Waals surface area contributed by atoms with Crippen molar-refractivity contribution in [2.75, 3.05) is 0 Å². The Labute approximate surface area is 114 Å². The summed E-state index contributed by atoms with van der Waals surface area (Å²) in [5.41, 5.74) is 6.75. The fourth-order valence-corrected chi connectivity index (χ4v) is 2.07. The molecule has 0 unspecified atom stereocenters. The summed E-state index contributed by atoms with van der Waals surface area (Å²) in [7, 11) is -0.519. The molecule has 104 valence electrons. The van der Waals surface area contributed by atoms with Crippen LogP contribution in [0.3, 0.4) is 0 Å². The van der Waals surface area contributed by atoms with Crippen molar-refractivity contribution in [2.45, 2.75) is 51.8 Å². The molecule has 5 heteroatoms. The van der Waals surface area contributed by atoms with Crippen LogP contribution in [-0.2, 0) is 9.31 Å². The molecule has 0 aliphatic carbocycles. The van der Waals surface area contributed by atoms with Crippen LogP contribution in [-0.4, -0.2) is 18.3 Å². The zero-order valence-corrected chi connectivity index (χ0v) is 12.2. The maximum atomic E-state index is 13.3. The summed E-state index contributed by atoms with van der Waals surface area (Å²) in [5, 5.41) is 0. The summed E-state index contributed by atoms with van der Waals surface area (Å²) in [4.78, 5) is 0. The quantitative estimate of drug-likeness (QED) is 0.836. The van der Waals surface area contributed by atoms with Crippen molar-refractivity contribution in [3.63, 3.8) is 0 Å². The van der Waals surface area contributed by atoms with Crippen molar-refractivity contribution in [1.82, 2.24) is 0 Å². The van der Waals surface area contributed by atoms with Crippen molar-refractivity contribution in [3.8, 4) is 0 Å². The Hall–Kier alpha value is -0.905. The molecule has 0 bridgehead atoms. The minimum atomic E-state index is -0.519. The lowest BCUT2D eigenvalue weighted by Crippen LogP contribution is -2.41. The van der Waals surface area contributed by atoms with E-state index in [2.05, 4.69) is 0 Å². The molecule has 2 rings (SSSR count). The molecule has 0 aromatic heterocycles. The van der Waals surface area contributed by atoms with Gasteiger partial charge in [0.25, 0.3) is 0 Å². The van der Waals surface area contributed by atoms with Gasteiger partial charge in [-0.25, -0.2) is 4.39 Å². The largest absolute Gasteiger partial charge is 0.480 e. The van der Waals surface area contributed by atoms with Crippen molar-refractivity contribution < 1.29 is 13.7 Å². The summed E-state index contributed by atoms with van der Waals surface area (Å²) < 4.78 is 25.1. The van der Waals surface area contributed by atoms with Gasteiger partial charge in [-0.3, -0.25) is 0 Å². The summed E-state index contributed by atoms with van der Waals surface area (Å²) in [6, 6.07) is 4.85. The standard InChI is InChI=1S/C14H21BFNO2/c1-9-8-10(6-7-11(9)16)12(17)15-18-13(2,3)14(4,5)19-15/h6-8,12H,17H2,1-5H3/t12-/m1/s1. The lowest BCUT2D eigenvalue weighted by molar-refractivity contribution is 0.00578. The van der Waals surface area contributed by atoms with E-state index in [1.54, 1.807) is 19.1 Å². The lowest BCUT2D eigenvalue weighted by atomic mass is 9.74. The van der Waals surface area contributed by atoms with Gasteiger partial charge in [-0.05, 0) is 51.8 Å². The predicted molar refractivity (Wildman–Crippen MR) is 74.1 cm³/mol. The molecule has 1 aromatic carbocycles. The van der Waals surface area contributed by atoms with Gasteiger partial charge in [0.1, 0.15) is 5.82 Å². The molecule has 1 aliphatic rings. The molecule has 3 nitrogen and oxygen atoms in total. The van der Waals surface area contributed by atoms with E-state index in [0.29, 0.717) is 5.56 Å². The van der Waals surface area contributed by atoms with E-state index in [9.17, 15) is 4.39 Å². The van der Waals surface area contributed by atoms with E-state index in [1.165, 1.54) is 6.07 Å². The Kier molecular flexibility index (Phi) is 3.50. The summed E-state index contributed by atoms with van der Waals surface area (Å²) in [5.74, 6) is -0.662. The van der Waals surface area contributed by atoms with Crippen LogP contribution in [0.4, 0.5) is 4.39 Å². The second kappa shape index (κ2) is 4.58. The highest BCUT2D eigenvalue weighted by molar-refractivity contribution is 6.47. The summed E-state index contributed by atoms with van der Waals surface area (Å²) in [6.45, 7) is 9.65. The van der Waals surface area contributed by atoms with E-state index >= 15 is 0 Å². The van der Waals surface area contributed by atoms with Crippen LogP contribution < -0.4 is 5.73 Å². The SMILES string of the molecule is Cc1cc([C@@H](N)B2OC(C)(C)C(C)(C)O2)ccc1F. The first-order valence-corrected chi connectivity index (χ1v) is 6.51. The zero-order valence-electron chi connectivity index (χ0n) is 12.2. The van der Waals surface area contributed by atoms with Crippen LogP contribution in [0.1, 0.15) is 44.8 Å². The molecular weight excluding hydrogens is 244 g/mol. The monoisotopic (exact) mass is 265 g/mol. The zero-order chi connectivity index (χ0) is 14.4. The average Bonchev–Trinajstić information content (AvgIpc) is 2.51. The normalized spacial score (nSPS) is 22.6. The highest BCUT2D eigenvalue weighted by Crippen LogP contribution is 2.39. The Morgan fingerprint density at radius 1 is 1.16 bits per heavy atom. The molecule has 1 fully saturated rings. The number of benzene rings is 1. The Morgan fingerprint density at radius 2 is 1.68 bits per heavy atom. The third kappa shape index (κ3) is 2.55. The minimum absolute atomic E-state index is 0.232. The molecule has 0 saturated carbocycles. The predicted octanol–water partition coefficient (Wildman–Crippen LogP) is 2.77. The molecule has 1 aromatic rings. The second-order valence-corrected chi connectivity index (χ2v) is 6.16. The van der Waals surface area contributed by atoms with Crippen LogP contribution in [0.2, 0.25) is 0 Å². The Balaban J connectivity index is 2.22. The van der Waals surface area contributed by atoms with E-state index in [1.807, 2.05) is 27.7 Å². The third-order valence-corrected chi connectivity index (χ3v) is 4.13. The third-order valence-electron chi connectivity index (χ3n) is 4.13. The molecule has 1 saturated heterocycles. The first kappa shape index (κ1) is 14.5. The maximum absolute atomic E-state index is 13.3. The van der Waals surface area contributed by atoms with Gasteiger partial charge in [0.15, 0.2) is 0 Å². The number of halogens is 1. The van der Waals surface area contributed by atoms with Crippen LogP contribution in [0.25, 0.3) is 0 Å². The highest BCUT2D eigenvalue weighted by atomic mass is 19.1. The van der Waals surface area contributed by atoms with Gasteiger partial charge in [0, 0.05) is 0 Å². The van der Waals surface area contributed by atoms with Crippen LogP contribution >= 0.6 is 0 Å². The number of nitrogens with two attached hydrogens (primary N) is 1. The molecule has 0 amide bonds. The van der Waals surface area contributed by atoms with Gasteiger partial charge < -0.3 is 15.0 Å². The van der Waals surface area contributed by atoms with Gasteiger partial charge in [0.2, 0.25) is 0 Å².